The Morgan fingerprint density at radius 2 is 1.88 bits per heavy atom. The van der Waals surface area contributed by atoms with Crippen molar-refractivity contribution in [3.05, 3.63) is 59.2 Å². The summed E-state index contributed by atoms with van der Waals surface area (Å²) in [6.45, 7) is 4.02. The van der Waals surface area contributed by atoms with Gasteiger partial charge in [0.2, 0.25) is 0 Å². The summed E-state index contributed by atoms with van der Waals surface area (Å²) in [5.41, 5.74) is 3.22. The summed E-state index contributed by atoms with van der Waals surface area (Å²) in [5, 5.41) is 18.0. The van der Waals surface area contributed by atoms with E-state index < -0.39 is 0 Å². The van der Waals surface area contributed by atoms with E-state index in [0.717, 1.165) is 16.8 Å². The molecule has 0 N–H and O–H groups in total. The molecule has 2 aromatic rings. The Kier molecular flexibility index (Phi) is 6.14. The van der Waals surface area contributed by atoms with Gasteiger partial charge < -0.3 is 9.64 Å². The molecule has 0 saturated heterocycles. The van der Waals surface area contributed by atoms with Crippen molar-refractivity contribution in [3.8, 4) is 17.9 Å². The Bertz CT molecular complexity index is 847. The van der Waals surface area contributed by atoms with E-state index in [2.05, 4.69) is 6.07 Å². The summed E-state index contributed by atoms with van der Waals surface area (Å²) < 4.78 is 5.55. The van der Waals surface area contributed by atoms with Gasteiger partial charge in [-0.25, -0.2) is 0 Å². The number of benzene rings is 2. The maximum atomic E-state index is 12.7. The van der Waals surface area contributed by atoms with Crippen LogP contribution in [0.2, 0.25) is 0 Å². The van der Waals surface area contributed by atoms with Gasteiger partial charge >= 0.3 is 0 Å². The highest BCUT2D eigenvalue weighted by Crippen LogP contribution is 2.24. The molecule has 2 aromatic carbocycles. The molecule has 25 heavy (non-hydrogen) atoms. The first-order valence-electron chi connectivity index (χ1n) is 7.94. The van der Waals surface area contributed by atoms with Crippen LogP contribution in [0.1, 0.15) is 23.1 Å². The highest BCUT2D eigenvalue weighted by molar-refractivity contribution is 5.95. The van der Waals surface area contributed by atoms with Crippen molar-refractivity contribution in [1.29, 1.82) is 10.5 Å². The van der Waals surface area contributed by atoms with E-state index in [-0.39, 0.29) is 18.9 Å². The third kappa shape index (κ3) is 4.37. The summed E-state index contributed by atoms with van der Waals surface area (Å²) in [4.78, 5) is 14.3. The second-order valence-electron chi connectivity index (χ2n) is 5.57. The van der Waals surface area contributed by atoms with Crippen LogP contribution >= 0.6 is 0 Å². The van der Waals surface area contributed by atoms with Gasteiger partial charge in [-0.2, -0.15) is 10.5 Å². The number of carbonyl (C=O) groups is 1. The summed E-state index contributed by atoms with van der Waals surface area (Å²) >= 11 is 0. The van der Waals surface area contributed by atoms with E-state index in [1.165, 1.54) is 0 Å². The van der Waals surface area contributed by atoms with Gasteiger partial charge in [0.1, 0.15) is 11.8 Å². The fourth-order valence-corrected chi connectivity index (χ4v) is 2.47. The summed E-state index contributed by atoms with van der Waals surface area (Å²) in [5.74, 6) is 0.122. The van der Waals surface area contributed by atoms with Gasteiger partial charge in [0.05, 0.1) is 18.1 Å². The minimum absolute atomic E-state index is 0.197. The Balaban J connectivity index is 2.20. The van der Waals surface area contributed by atoms with E-state index in [4.69, 9.17) is 15.3 Å². The number of carbonyl (C=O) groups excluding carboxylic acids is 1. The molecule has 0 atom stereocenters. The molecule has 5 heteroatoms. The van der Waals surface area contributed by atoms with Crippen molar-refractivity contribution in [2.45, 2.75) is 20.3 Å². The molecule has 0 aromatic heterocycles. The van der Waals surface area contributed by atoms with Crippen LogP contribution in [-0.2, 0) is 4.79 Å². The third-order valence-electron chi connectivity index (χ3n) is 3.97. The molecule has 0 saturated carbocycles. The van der Waals surface area contributed by atoms with Gasteiger partial charge in [0, 0.05) is 12.2 Å². The molecule has 0 aliphatic rings. The quantitative estimate of drug-likeness (QED) is 0.810. The monoisotopic (exact) mass is 333 g/mol. The lowest BCUT2D eigenvalue weighted by molar-refractivity contribution is -0.120. The molecule has 0 aliphatic heterocycles. The number of anilines is 1. The van der Waals surface area contributed by atoms with Gasteiger partial charge in [-0.15, -0.1) is 0 Å². The molecular weight excluding hydrogens is 314 g/mol. The Morgan fingerprint density at radius 1 is 1.12 bits per heavy atom. The first kappa shape index (κ1) is 18.0. The van der Waals surface area contributed by atoms with Gasteiger partial charge in [-0.1, -0.05) is 24.3 Å². The predicted molar refractivity (Wildman–Crippen MR) is 95.2 cm³/mol. The van der Waals surface area contributed by atoms with Crippen LogP contribution in [0.3, 0.4) is 0 Å². The Labute approximate surface area is 147 Å². The van der Waals surface area contributed by atoms with E-state index in [1.54, 1.807) is 29.2 Å². The van der Waals surface area contributed by atoms with Crippen molar-refractivity contribution >= 4 is 11.6 Å². The van der Waals surface area contributed by atoms with Crippen molar-refractivity contribution in [3.63, 3.8) is 0 Å². The highest BCUT2D eigenvalue weighted by atomic mass is 16.5. The van der Waals surface area contributed by atoms with Crippen LogP contribution < -0.4 is 9.64 Å². The molecule has 0 unspecified atom stereocenters. The van der Waals surface area contributed by atoms with Crippen LogP contribution in [0.4, 0.5) is 5.69 Å². The van der Waals surface area contributed by atoms with E-state index >= 15 is 0 Å². The summed E-state index contributed by atoms with van der Waals surface area (Å²) in [7, 11) is 0. The average molecular weight is 333 g/mol. The van der Waals surface area contributed by atoms with Gasteiger partial charge in [-0.05, 0) is 43.2 Å². The number of amides is 1. The maximum absolute atomic E-state index is 12.7. The number of rotatable bonds is 6. The number of nitrogens with zero attached hydrogens (tertiary/aromatic N) is 3. The van der Waals surface area contributed by atoms with E-state index in [1.807, 2.05) is 38.1 Å². The molecule has 0 aliphatic carbocycles. The molecule has 0 spiro atoms. The molecule has 126 valence electrons. The Morgan fingerprint density at radius 3 is 2.60 bits per heavy atom. The molecule has 0 radical (unpaired) electrons. The zero-order valence-corrected chi connectivity index (χ0v) is 14.3. The molecule has 0 fully saturated rings. The lowest BCUT2D eigenvalue weighted by Gasteiger charge is -2.24. The first-order valence-corrected chi connectivity index (χ1v) is 7.94. The average Bonchev–Trinajstić information content (AvgIpc) is 2.63. The second-order valence-corrected chi connectivity index (χ2v) is 5.57. The van der Waals surface area contributed by atoms with Crippen LogP contribution in [0, 0.1) is 36.5 Å². The van der Waals surface area contributed by atoms with Crippen molar-refractivity contribution in [2.75, 3.05) is 18.1 Å². The van der Waals surface area contributed by atoms with Crippen molar-refractivity contribution < 1.29 is 9.53 Å². The minimum Gasteiger partial charge on any atom is -0.482 e. The Hall–Kier alpha value is -3.31. The normalized spacial score (nSPS) is 9.76. The van der Waals surface area contributed by atoms with Crippen LogP contribution in [0.25, 0.3) is 0 Å². The summed E-state index contributed by atoms with van der Waals surface area (Å²) in [6.07, 6.45) is 0.230. The van der Waals surface area contributed by atoms with Gasteiger partial charge in [0.15, 0.2) is 6.61 Å². The number of ether oxygens (including phenoxy) is 1. The minimum atomic E-state index is -0.253. The lowest BCUT2D eigenvalue weighted by atomic mass is 10.1. The molecular formula is C20H19N3O2. The smallest absolute Gasteiger partial charge is 0.264 e. The van der Waals surface area contributed by atoms with Crippen molar-refractivity contribution in [2.24, 2.45) is 0 Å². The largest absolute Gasteiger partial charge is 0.482 e. The van der Waals surface area contributed by atoms with Gasteiger partial charge in [-0.3, -0.25) is 4.79 Å². The molecule has 1 amide bonds. The number of para-hydroxylation sites is 1. The zero-order valence-electron chi connectivity index (χ0n) is 14.3. The number of aryl methyl sites for hydroxylation is 1. The number of hydrogen-bond donors (Lipinski definition) is 0. The fraction of sp³-hybridized carbons (Fsp3) is 0.250. The SMILES string of the molecule is Cc1cccc(N(CCC#N)C(=O)COc2ccccc2C#N)c1C. The molecule has 0 bridgehead atoms. The second kappa shape index (κ2) is 8.52. The number of hydrogen-bond acceptors (Lipinski definition) is 4. The highest BCUT2D eigenvalue weighted by Gasteiger charge is 2.19. The molecule has 0 heterocycles. The van der Waals surface area contributed by atoms with Crippen LogP contribution in [0.5, 0.6) is 5.75 Å². The van der Waals surface area contributed by atoms with Crippen LogP contribution in [0.15, 0.2) is 42.5 Å². The maximum Gasteiger partial charge on any atom is 0.264 e. The zero-order chi connectivity index (χ0) is 18.2. The topological polar surface area (TPSA) is 77.1 Å². The van der Waals surface area contributed by atoms with E-state index in [9.17, 15) is 4.79 Å². The lowest BCUT2D eigenvalue weighted by Crippen LogP contribution is -2.36. The van der Waals surface area contributed by atoms with Gasteiger partial charge in [0.25, 0.3) is 5.91 Å². The number of nitriles is 2. The third-order valence-corrected chi connectivity index (χ3v) is 3.97. The van der Waals surface area contributed by atoms with E-state index in [0.29, 0.717) is 17.9 Å². The van der Waals surface area contributed by atoms with Crippen molar-refractivity contribution in [1.82, 2.24) is 0 Å². The molecule has 5 nitrogen and oxygen atoms in total. The fourth-order valence-electron chi connectivity index (χ4n) is 2.47. The summed E-state index contributed by atoms with van der Waals surface area (Å²) in [6, 6.07) is 16.6. The van der Waals surface area contributed by atoms with Crippen LogP contribution in [-0.4, -0.2) is 19.1 Å². The standard InChI is InChI=1S/C20H19N3O2/c1-15-7-5-9-18(16(15)2)23(12-6-11-21)20(24)14-25-19-10-4-3-8-17(19)13-22/h3-5,7-10H,6,12,14H2,1-2H3. The molecule has 2 rings (SSSR count). The predicted octanol–water partition coefficient (Wildman–Crippen LogP) is 3.50. The first-order chi connectivity index (χ1) is 12.1.